The highest BCUT2D eigenvalue weighted by atomic mass is 16.6. The van der Waals surface area contributed by atoms with Gasteiger partial charge in [0.25, 0.3) is 0 Å². The van der Waals surface area contributed by atoms with Crippen molar-refractivity contribution in [2.24, 2.45) is 0 Å². The van der Waals surface area contributed by atoms with Gasteiger partial charge in [-0.05, 0) is 140 Å². The predicted octanol–water partition coefficient (Wildman–Crippen LogP) is 8.69. The molecule has 2 N–H and O–H groups in total. The molecule has 0 radical (unpaired) electrons. The first kappa shape index (κ1) is 47.4. The molecule has 12 nitrogen and oxygen atoms in total. The lowest BCUT2D eigenvalue weighted by molar-refractivity contribution is -0.156. The maximum Gasteiger partial charge on any atom is 0.326 e. The second-order valence-electron chi connectivity index (χ2n) is 19.8. The summed E-state index contributed by atoms with van der Waals surface area (Å²) in [7, 11) is 9.63. The first-order chi connectivity index (χ1) is 31.1. The first-order valence-electron chi connectivity index (χ1n) is 23.1. The molecule has 0 bridgehead atoms. The monoisotopic (exact) mass is 887 g/mol. The summed E-state index contributed by atoms with van der Waals surface area (Å²) in [5.41, 5.74) is 3.57. The van der Waals surface area contributed by atoms with Gasteiger partial charge < -0.3 is 39.5 Å². The van der Waals surface area contributed by atoms with Gasteiger partial charge in [0.05, 0.1) is 25.3 Å². The largest absolute Gasteiger partial charge is 0.497 e. The van der Waals surface area contributed by atoms with Crippen molar-refractivity contribution in [3.63, 3.8) is 0 Å². The maximum atomic E-state index is 13.8. The van der Waals surface area contributed by atoms with E-state index in [2.05, 4.69) is 84.2 Å². The van der Waals surface area contributed by atoms with Crippen molar-refractivity contribution < 1.29 is 28.6 Å². The van der Waals surface area contributed by atoms with Crippen molar-refractivity contribution in [1.82, 2.24) is 30.2 Å². The number of methoxy groups -OCH3 is 2. The third kappa shape index (κ3) is 10.4. The predicted molar refractivity (Wildman–Crippen MR) is 255 cm³/mol. The third-order valence-corrected chi connectivity index (χ3v) is 14.5. The highest BCUT2D eigenvalue weighted by Crippen LogP contribution is 2.49. The molecule has 2 saturated carbocycles. The molecule has 0 aromatic heterocycles. The molecule has 2 heterocycles. The van der Waals surface area contributed by atoms with E-state index in [1.807, 2.05) is 92.2 Å². The molecule has 0 unspecified atom stereocenters. The molecular formula is C53H70N6O6. The maximum absolute atomic E-state index is 13.8. The van der Waals surface area contributed by atoms with E-state index in [0.717, 1.165) is 80.5 Å². The summed E-state index contributed by atoms with van der Waals surface area (Å²) in [6.07, 6.45) is 7.42. The number of hydrogen-bond donors (Lipinski definition) is 2. The Balaban J connectivity index is 0.000000201. The topological polar surface area (TPSA) is 116 Å². The molecule has 4 amide bonds. The van der Waals surface area contributed by atoms with Crippen LogP contribution in [-0.4, -0.2) is 109 Å². The van der Waals surface area contributed by atoms with Crippen LogP contribution in [0.5, 0.6) is 11.5 Å². The summed E-state index contributed by atoms with van der Waals surface area (Å²) in [4.78, 5) is 47.3. The standard InChI is InChI=1S/C30H41N3O4.C23H29N3O2/c1-28(2,3)37-26(34)21-33-27(35)32(20-23-12-14-25(36-6)15-13-23)22-29(33)16-18-30(19-17-29,31(4)5)24-10-8-7-9-11-24;1-24-23(19-6-4-3-5-7-19)14-12-22(13-15-23)17-26(21(27)25-22)16-18-8-10-20(28-2)11-9-18/h7-15H,16-22H2,1-6H3;3-11,24H,12-17H2,1-2H3,(H,25,27). The van der Waals surface area contributed by atoms with Gasteiger partial charge in [0.2, 0.25) is 0 Å². The molecule has 348 valence electrons. The molecular weight excluding hydrogens is 817 g/mol. The Bertz CT molecular complexity index is 2210. The van der Waals surface area contributed by atoms with Gasteiger partial charge in [-0.25, -0.2) is 9.59 Å². The van der Waals surface area contributed by atoms with Gasteiger partial charge in [-0.2, -0.15) is 0 Å². The number of ether oxygens (including phenoxy) is 3. The van der Waals surface area contributed by atoms with Gasteiger partial charge in [-0.15, -0.1) is 0 Å². The molecule has 2 aliphatic carbocycles. The van der Waals surface area contributed by atoms with Crippen LogP contribution in [0.25, 0.3) is 0 Å². The van der Waals surface area contributed by atoms with Crippen LogP contribution in [0.3, 0.4) is 0 Å². The lowest BCUT2D eigenvalue weighted by atomic mass is 9.68. The van der Waals surface area contributed by atoms with Crippen LogP contribution in [-0.2, 0) is 33.7 Å². The molecule has 65 heavy (non-hydrogen) atoms. The summed E-state index contributed by atoms with van der Waals surface area (Å²) in [5.74, 6) is 1.26. The molecule has 12 heteroatoms. The molecule has 2 aliphatic heterocycles. The molecule has 2 spiro atoms. The highest BCUT2D eigenvalue weighted by molar-refractivity contribution is 5.84. The third-order valence-electron chi connectivity index (χ3n) is 14.5. The fourth-order valence-corrected chi connectivity index (χ4v) is 10.7. The number of nitrogens with zero attached hydrogens (tertiary/aromatic N) is 4. The molecule has 2 saturated heterocycles. The number of urea groups is 2. The van der Waals surface area contributed by atoms with E-state index in [9.17, 15) is 14.4 Å². The van der Waals surface area contributed by atoms with Gasteiger partial charge in [0.1, 0.15) is 23.6 Å². The van der Waals surface area contributed by atoms with Crippen LogP contribution in [0.1, 0.15) is 94.4 Å². The van der Waals surface area contributed by atoms with Crippen molar-refractivity contribution >= 4 is 18.0 Å². The van der Waals surface area contributed by atoms with Crippen molar-refractivity contribution in [2.45, 2.75) is 113 Å². The van der Waals surface area contributed by atoms with Crippen LogP contribution in [0.4, 0.5) is 9.59 Å². The van der Waals surface area contributed by atoms with Crippen LogP contribution < -0.4 is 20.1 Å². The second kappa shape index (κ2) is 19.5. The smallest absolute Gasteiger partial charge is 0.326 e. The summed E-state index contributed by atoms with van der Waals surface area (Å²) in [6.45, 7) is 8.03. The number of hydrogen-bond acceptors (Lipinski definition) is 8. The minimum Gasteiger partial charge on any atom is -0.497 e. The van der Waals surface area contributed by atoms with Crippen LogP contribution >= 0.6 is 0 Å². The number of rotatable bonds is 12. The number of benzene rings is 4. The molecule has 4 aromatic carbocycles. The van der Waals surface area contributed by atoms with E-state index in [4.69, 9.17) is 14.2 Å². The van der Waals surface area contributed by atoms with Gasteiger partial charge in [-0.3, -0.25) is 9.69 Å². The number of esters is 1. The quantitative estimate of drug-likeness (QED) is 0.136. The molecule has 4 aliphatic rings. The van der Waals surface area contributed by atoms with Crippen LogP contribution in [0.2, 0.25) is 0 Å². The molecule has 8 rings (SSSR count). The Labute approximate surface area is 386 Å². The Morgan fingerprint density at radius 2 is 1.18 bits per heavy atom. The number of nitrogens with one attached hydrogen (secondary N) is 2. The number of amides is 4. The summed E-state index contributed by atoms with van der Waals surface area (Å²) < 4.78 is 16.1. The van der Waals surface area contributed by atoms with E-state index in [-0.39, 0.29) is 41.2 Å². The molecule has 4 fully saturated rings. The molecule has 0 atom stereocenters. The summed E-state index contributed by atoms with van der Waals surface area (Å²) in [6, 6.07) is 37.0. The number of carbonyl (C=O) groups excluding carboxylic acids is 3. The van der Waals surface area contributed by atoms with Gasteiger partial charge in [0.15, 0.2) is 0 Å². The van der Waals surface area contributed by atoms with E-state index >= 15 is 0 Å². The Morgan fingerprint density at radius 3 is 1.66 bits per heavy atom. The minimum atomic E-state index is -0.601. The van der Waals surface area contributed by atoms with Crippen LogP contribution in [0.15, 0.2) is 109 Å². The lowest BCUT2D eigenvalue weighted by Crippen LogP contribution is -2.56. The zero-order chi connectivity index (χ0) is 46.5. The Hall–Kier alpha value is -5.59. The summed E-state index contributed by atoms with van der Waals surface area (Å²) in [5, 5.41) is 6.88. The highest BCUT2D eigenvalue weighted by Gasteiger charge is 2.55. The lowest BCUT2D eigenvalue weighted by Gasteiger charge is -2.50. The number of carbonyl (C=O) groups is 3. The Morgan fingerprint density at radius 1 is 0.677 bits per heavy atom. The van der Waals surface area contributed by atoms with Crippen LogP contribution in [0, 0.1) is 0 Å². The zero-order valence-electron chi connectivity index (χ0n) is 39.8. The zero-order valence-corrected chi connectivity index (χ0v) is 39.8. The Kier molecular flexibility index (Phi) is 14.2. The van der Waals surface area contributed by atoms with Gasteiger partial charge in [-0.1, -0.05) is 84.9 Å². The molecule has 4 aromatic rings. The van der Waals surface area contributed by atoms with Crippen molar-refractivity contribution in [3.8, 4) is 11.5 Å². The summed E-state index contributed by atoms with van der Waals surface area (Å²) >= 11 is 0. The average molecular weight is 887 g/mol. The first-order valence-corrected chi connectivity index (χ1v) is 23.1. The van der Waals surface area contributed by atoms with E-state index in [1.165, 1.54) is 11.1 Å². The van der Waals surface area contributed by atoms with Crippen molar-refractivity contribution in [2.75, 3.05) is 55.0 Å². The van der Waals surface area contributed by atoms with E-state index in [1.54, 1.807) is 19.1 Å². The van der Waals surface area contributed by atoms with E-state index < -0.39 is 11.1 Å². The van der Waals surface area contributed by atoms with Gasteiger partial charge >= 0.3 is 18.0 Å². The normalized spacial score (nSPS) is 25.4. The van der Waals surface area contributed by atoms with E-state index in [0.29, 0.717) is 19.6 Å². The minimum absolute atomic E-state index is 0.000636. The SMILES string of the molecule is CNC1(c2ccccc2)CCC2(CC1)CN(Cc1ccc(OC)cc1)C(=O)N2.COc1ccc(CN2CC3(CCC(c4ccccc4)(N(C)C)CC3)N(CC(=O)OC(C)(C)C)C2=O)cc1. The van der Waals surface area contributed by atoms with Crippen molar-refractivity contribution in [3.05, 3.63) is 131 Å². The second-order valence-corrected chi connectivity index (χ2v) is 19.8. The fraction of sp³-hybridized carbons (Fsp3) is 0.491. The van der Waals surface area contributed by atoms with Crippen molar-refractivity contribution in [1.29, 1.82) is 0 Å². The van der Waals surface area contributed by atoms with Gasteiger partial charge in [0, 0.05) is 37.3 Å². The fourth-order valence-electron chi connectivity index (χ4n) is 10.7. The average Bonchev–Trinajstić information content (AvgIpc) is 3.74.